The lowest BCUT2D eigenvalue weighted by atomic mass is 10.1. The zero-order valence-corrected chi connectivity index (χ0v) is 9.54. The van der Waals surface area contributed by atoms with Crippen LogP contribution in [0.15, 0.2) is 16.5 Å². The highest BCUT2D eigenvalue weighted by Gasteiger charge is 2.05. The van der Waals surface area contributed by atoms with Gasteiger partial charge in [-0.3, -0.25) is 0 Å². The van der Waals surface area contributed by atoms with Crippen molar-refractivity contribution >= 4 is 41.9 Å². The third-order valence-electron chi connectivity index (χ3n) is 1.84. The van der Waals surface area contributed by atoms with Crippen LogP contribution in [-0.4, -0.2) is 4.98 Å². The Morgan fingerprint density at radius 2 is 1.86 bits per heavy atom. The minimum Gasteiger partial charge on any atom is -0.423 e. The molecule has 0 aliphatic carbocycles. The molecule has 0 saturated carbocycles. The first-order chi connectivity index (χ1) is 5.66. The summed E-state index contributed by atoms with van der Waals surface area (Å²) in [6.07, 6.45) is 0. The molecule has 78 valence electrons. The topological polar surface area (TPSA) is 52.0 Å². The number of rotatable bonds is 0. The van der Waals surface area contributed by atoms with Gasteiger partial charge in [0, 0.05) is 0 Å². The summed E-state index contributed by atoms with van der Waals surface area (Å²) in [5, 5.41) is 0. The molecule has 0 bridgehead atoms. The molecule has 1 aromatic heterocycles. The molecule has 0 aliphatic heterocycles. The van der Waals surface area contributed by atoms with Crippen molar-refractivity contribution in [2.45, 2.75) is 13.8 Å². The minimum absolute atomic E-state index is 0. The maximum Gasteiger partial charge on any atom is 0.292 e. The monoisotopic (exact) mass is 234 g/mol. The van der Waals surface area contributed by atoms with Crippen LogP contribution in [0, 0.1) is 13.8 Å². The second-order valence-corrected chi connectivity index (χ2v) is 2.98. The van der Waals surface area contributed by atoms with Crippen molar-refractivity contribution in [3.05, 3.63) is 23.3 Å². The number of hydrogen-bond acceptors (Lipinski definition) is 3. The molecule has 0 atom stereocenters. The van der Waals surface area contributed by atoms with Crippen LogP contribution in [0.5, 0.6) is 0 Å². The predicted octanol–water partition coefficient (Wildman–Crippen LogP) is 2.87. The number of nitrogen functional groups attached to an aromatic ring is 1. The van der Waals surface area contributed by atoms with E-state index in [9.17, 15) is 0 Å². The molecule has 2 rings (SSSR count). The third-order valence-corrected chi connectivity index (χ3v) is 1.84. The Balaban J connectivity index is 0.000000845. The van der Waals surface area contributed by atoms with Crippen LogP contribution < -0.4 is 5.73 Å². The van der Waals surface area contributed by atoms with Crippen LogP contribution >= 0.6 is 24.8 Å². The van der Waals surface area contributed by atoms with Gasteiger partial charge in [0.2, 0.25) is 0 Å². The van der Waals surface area contributed by atoms with Gasteiger partial charge in [0.1, 0.15) is 5.52 Å². The average molecular weight is 235 g/mol. The largest absolute Gasteiger partial charge is 0.423 e. The Bertz CT molecular complexity index is 440. The van der Waals surface area contributed by atoms with E-state index in [1.807, 2.05) is 26.0 Å². The molecule has 0 saturated heterocycles. The Labute approximate surface area is 94.5 Å². The molecule has 0 unspecified atom stereocenters. The van der Waals surface area contributed by atoms with E-state index >= 15 is 0 Å². The van der Waals surface area contributed by atoms with E-state index in [-0.39, 0.29) is 30.8 Å². The normalized spacial score (nSPS) is 9.29. The van der Waals surface area contributed by atoms with Gasteiger partial charge in [0.05, 0.1) is 0 Å². The van der Waals surface area contributed by atoms with Crippen LogP contribution in [0.25, 0.3) is 11.1 Å². The van der Waals surface area contributed by atoms with Gasteiger partial charge in [0.25, 0.3) is 6.01 Å². The summed E-state index contributed by atoms with van der Waals surface area (Å²) < 4.78 is 5.22. The second kappa shape index (κ2) is 4.53. The molecule has 1 heterocycles. The van der Waals surface area contributed by atoms with Crippen molar-refractivity contribution in [1.29, 1.82) is 0 Å². The Hall–Kier alpha value is -0.930. The zero-order valence-electron chi connectivity index (χ0n) is 7.90. The first kappa shape index (κ1) is 13.1. The predicted molar refractivity (Wildman–Crippen MR) is 62.4 cm³/mol. The van der Waals surface area contributed by atoms with Crippen molar-refractivity contribution in [2.24, 2.45) is 0 Å². The lowest BCUT2D eigenvalue weighted by Gasteiger charge is -1.94. The van der Waals surface area contributed by atoms with Crippen molar-refractivity contribution in [1.82, 2.24) is 4.98 Å². The molecular weight excluding hydrogens is 223 g/mol. The van der Waals surface area contributed by atoms with E-state index in [2.05, 4.69) is 4.98 Å². The van der Waals surface area contributed by atoms with Gasteiger partial charge in [-0.25, -0.2) is 0 Å². The molecular formula is C9H12Cl2N2O. The molecule has 0 radical (unpaired) electrons. The number of benzene rings is 1. The molecule has 0 spiro atoms. The second-order valence-electron chi connectivity index (χ2n) is 2.98. The molecule has 1 aromatic carbocycles. The van der Waals surface area contributed by atoms with Crippen LogP contribution in [0.1, 0.15) is 11.1 Å². The molecule has 14 heavy (non-hydrogen) atoms. The summed E-state index contributed by atoms with van der Waals surface area (Å²) in [5.41, 5.74) is 9.31. The van der Waals surface area contributed by atoms with Crippen LogP contribution in [-0.2, 0) is 0 Å². The van der Waals surface area contributed by atoms with E-state index in [0.717, 1.165) is 16.7 Å². The Morgan fingerprint density at radius 1 is 1.21 bits per heavy atom. The summed E-state index contributed by atoms with van der Waals surface area (Å²) in [5.74, 6) is 0. The van der Waals surface area contributed by atoms with Gasteiger partial charge >= 0.3 is 0 Å². The van der Waals surface area contributed by atoms with Crippen LogP contribution in [0.2, 0.25) is 0 Å². The lowest BCUT2D eigenvalue weighted by molar-refractivity contribution is 0.623. The fourth-order valence-electron chi connectivity index (χ4n) is 1.39. The molecule has 0 amide bonds. The lowest BCUT2D eigenvalue weighted by Crippen LogP contribution is -1.80. The van der Waals surface area contributed by atoms with Crippen molar-refractivity contribution in [3.63, 3.8) is 0 Å². The highest BCUT2D eigenvalue weighted by Crippen LogP contribution is 2.21. The first-order valence-electron chi connectivity index (χ1n) is 3.80. The van der Waals surface area contributed by atoms with Crippen molar-refractivity contribution < 1.29 is 4.42 Å². The van der Waals surface area contributed by atoms with E-state index in [1.165, 1.54) is 5.56 Å². The summed E-state index contributed by atoms with van der Waals surface area (Å²) in [4.78, 5) is 4.05. The zero-order chi connectivity index (χ0) is 8.72. The van der Waals surface area contributed by atoms with Crippen molar-refractivity contribution in [2.75, 3.05) is 5.73 Å². The molecule has 2 aromatic rings. The first-order valence-corrected chi connectivity index (χ1v) is 3.80. The molecule has 5 heteroatoms. The van der Waals surface area contributed by atoms with Gasteiger partial charge in [-0.05, 0) is 31.0 Å². The average Bonchev–Trinajstić information content (AvgIpc) is 2.29. The number of aryl methyl sites for hydroxylation is 2. The van der Waals surface area contributed by atoms with E-state index in [0.29, 0.717) is 0 Å². The minimum atomic E-state index is 0. The van der Waals surface area contributed by atoms with E-state index in [4.69, 9.17) is 10.2 Å². The Kier molecular flexibility index (Phi) is 4.23. The summed E-state index contributed by atoms with van der Waals surface area (Å²) in [7, 11) is 0. The van der Waals surface area contributed by atoms with Gasteiger partial charge in [-0.2, -0.15) is 4.98 Å². The molecule has 0 fully saturated rings. The van der Waals surface area contributed by atoms with Crippen LogP contribution in [0.4, 0.5) is 6.01 Å². The number of hydrogen-bond donors (Lipinski definition) is 1. The SMILES string of the molecule is Cc1cc(C)c2oc(N)nc2c1.Cl.Cl. The summed E-state index contributed by atoms with van der Waals surface area (Å²) in [6, 6.07) is 4.24. The number of aromatic nitrogens is 1. The highest BCUT2D eigenvalue weighted by molar-refractivity contribution is 5.85. The fourth-order valence-corrected chi connectivity index (χ4v) is 1.39. The standard InChI is InChI=1S/C9H10N2O.2ClH/c1-5-3-6(2)8-7(4-5)11-9(10)12-8;;/h3-4H,1-2H3,(H2,10,11);2*1H. The molecule has 0 aliphatic rings. The van der Waals surface area contributed by atoms with Crippen molar-refractivity contribution in [3.8, 4) is 0 Å². The quantitative estimate of drug-likeness (QED) is 0.763. The van der Waals surface area contributed by atoms with Gasteiger partial charge < -0.3 is 10.2 Å². The maximum atomic E-state index is 5.43. The van der Waals surface area contributed by atoms with Gasteiger partial charge in [-0.1, -0.05) is 6.07 Å². The van der Waals surface area contributed by atoms with Crippen LogP contribution in [0.3, 0.4) is 0 Å². The fraction of sp³-hybridized carbons (Fsp3) is 0.222. The van der Waals surface area contributed by atoms with E-state index < -0.39 is 0 Å². The Morgan fingerprint density at radius 3 is 2.50 bits per heavy atom. The van der Waals surface area contributed by atoms with E-state index in [1.54, 1.807) is 0 Å². The number of oxazole rings is 1. The number of fused-ring (bicyclic) bond motifs is 1. The number of halogens is 2. The van der Waals surface area contributed by atoms with Gasteiger partial charge in [-0.15, -0.1) is 24.8 Å². The smallest absolute Gasteiger partial charge is 0.292 e. The van der Waals surface area contributed by atoms with Gasteiger partial charge in [0.15, 0.2) is 5.58 Å². The summed E-state index contributed by atoms with van der Waals surface area (Å²) >= 11 is 0. The molecule has 2 N–H and O–H groups in total. The number of nitrogens with two attached hydrogens (primary N) is 1. The third kappa shape index (κ3) is 2.11. The number of anilines is 1. The highest BCUT2D eigenvalue weighted by atomic mass is 35.5. The maximum absolute atomic E-state index is 5.43. The summed E-state index contributed by atoms with van der Waals surface area (Å²) in [6.45, 7) is 4.01. The molecule has 3 nitrogen and oxygen atoms in total. The number of nitrogens with zero attached hydrogens (tertiary/aromatic N) is 1.